The van der Waals surface area contributed by atoms with Crippen LogP contribution in [0.1, 0.15) is 131 Å². The molecule has 6 rings (SSSR count). The number of ether oxygens (including phenoxy) is 5. The molecule has 4 heterocycles. The van der Waals surface area contributed by atoms with Crippen LogP contribution in [-0.4, -0.2) is 293 Å². The highest BCUT2D eigenvalue weighted by atomic mass is 16.5. The quantitative estimate of drug-likeness (QED) is 0.0510. The van der Waals surface area contributed by atoms with Gasteiger partial charge in [0.05, 0.1) is 112 Å². The van der Waals surface area contributed by atoms with Gasteiger partial charge in [-0.25, -0.2) is 9.59 Å². The number of aliphatic hydroxyl groups excluding tert-OH is 2. The summed E-state index contributed by atoms with van der Waals surface area (Å²) in [6.07, 6.45) is 1.82. The number of nitrogens with one attached hydrogen (secondary N) is 4. The Kier molecular flexibility index (Phi) is 35.3. The first kappa shape index (κ1) is 85.4. The Morgan fingerprint density at radius 2 is 0.961 bits per heavy atom. The van der Waals surface area contributed by atoms with Crippen molar-refractivity contribution in [2.24, 2.45) is 35.5 Å². The average molecular weight is 1450 g/mol. The van der Waals surface area contributed by atoms with Crippen LogP contribution in [0.15, 0.2) is 60.7 Å². The smallest absolute Gasteiger partial charge is 0.318 e. The number of hydrogen-bond donors (Lipinski definition) is 6. The number of benzene rings is 2. The molecule has 4 fully saturated rings. The minimum Gasteiger partial charge on any atom is -0.394 e. The molecule has 2 aromatic rings. The maximum Gasteiger partial charge on any atom is 0.318 e. The molecule has 10 amide bonds. The molecule has 0 aromatic heterocycles. The highest BCUT2D eigenvalue weighted by molar-refractivity contribution is 5.89. The van der Waals surface area contributed by atoms with Gasteiger partial charge < -0.3 is 89.5 Å². The first-order chi connectivity index (χ1) is 49.3. The molecule has 103 heavy (non-hydrogen) atoms. The third-order valence-corrected chi connectivity index (χ3v) is 22.5. The number of likely N-dealkylation sites (N-methyl/N-ethyl adjacent to an activating group) is 3. The number of urea groups is 2. The molecule has 26 heteroatoms. The van der Waals surface area contributed by atoms with Crippen LogP contribution in [0.4, 0.5) is 9.59 Å². The molecular weight excluding hydrogens is 1320 g/mol. The normalized spacial score (nSPS) is 21.1. The summed E-state index contributed by atoms with van der Waals surface area (Å²) in [6, 6.07) is 12.9. The first-order valence-corrected chi connectivity index (χ1v) is 37.8. The number of hydrogen-bond acceptors (Lipinski definition) is 16. The number of carbonyl (C=O) groups excluding carboxylic acids is 8. The number of carbonyl (C=O) groups is 8. The lowest BCUT2D eigenvalue weighted by atomic mass is 9.82. The van der Waals surface area contributed by atoms with Gasteiger partial charge in [-0.05, 0) is 93.2 Å². The van der Waals surface area contributed by atoms with Crippen molar-refractivity contribution in [3.8, 4) is 0 Å². The topological polar surface area (TPSA) is 294 Å². The Morgan fingerprint density at radius 1 is 0.534 bits per heavy atom. The van der Waals surface area contributed by atoms with Crippen LogP contribution in [0.2, 0.25) is 0 Å². The van der Waals surface area contributed by atoms with Crippen LogP contribution in [-0.2, 0) is 65.3 Å². The summed E-state index contributed by atoms with van der Waals surface area (Å²) in [5.74, 6) is -4.76. The fraction of sp³-hybridized carbons (Fsp3) is 0.740. The third kappa shape index (κ3) is 23.5. The van der Waals surface area contributed by atoms with Crippen LogP contribution in [0.5, 0.6) is 0 Å². The molecule has 26 nitrogen and oxygen atoms in total. The molecule has 4 aliphatic rings. The Labute approximate surface area is 613 Å². The molecule has 6 N–H and O–H groups in total. The minimum atomic E-state index is -1.09. The van der Waals surface area contributed by atoms with Crippen LogP contribution in [0, 0.1) is 35.5 Å². The Morgan fingerprint density at radius 3 is 1.38 bits per heavy atom. The third-order valence-electron chi connectivity index (χ3n) is 22.5. The maximum atomic E-state index is 15.9. The zero-order valence-corrected chi connectivity index (χ0v) is 64.5. The molecule has 0 aliphatic carbocycles. The van der Waals surface area contributed by atoms with Gasteiger partial charge >= 0.3 is 12.1 Å². The Hall–Kier alpha value is -6.52. The van der Waals surface area contributed by atoms with E-state index in [4.69, 9.17) is 23.7 Å². The summed E-state index contributed by atoms with van der Waals surface area (Å²) in [5.41, 5.74) is 1.93. The molecule has 0 saturated carbocycles. The molecule has 17 atom stereocenters. The van der Waals surface area contributed by atoms with Crippen molar-refractivity contribution in [3.05, 3.63) is 71.8 Å². The fourth-order valence-electron chi connectivity index (χ4n) is 15.9. The summed E-state index contributed by atoms with van der Waals surface area (Å²) in [7, 11) is 11.5. The molecule has 0 radical (unpaired) electrons. The maximum absolute atomic E-state index is 15.9. The number of nitrogens with zero attached hydrogens (tertiary/aromatic N) is 7. The van der Waals surface area contributed by atoms with Crippen LogP contribution >= 0.6 is 0 Å². The SMILES string of the molecule is CC[C@H](CCC(C)[C@H](NC(=O)N1CCN(C)CC1)C(=O)N(C)[C@@H]([C@@H](C)CC)[C@@H](CC(=O)N1CCC[C@H]1[C@H](OC)[C@@H](C)C(=O)N[C@H](CO)Cc1ccccc1)OC)[C@@H]([C@@H](CC(=O)N1CCC[C@H]1[C@H](OC)[C@@H](C)C(=O)N[C@H](CO)Cc1ccccc1)OC)N(C)C(=O)[C@@H](NC(=O)N1CCOCC1)C(C)C. The van der Waals surface area contributed by atoms with E-state index in [1.807, 2.05) is 109 Å². The Balaban J connectivity index is 1.28. The summed E-state index contributed by atoms with van der Waals surface area (Å²) in [5, 5.41) is 32.9. The summed E-state index contributed by atoms with van der Waals surface area (Å²) >= 11 is 0. The van der Waals surface area contributed by atoms with Gasteiger partial charge in [0, 0.05) is 94.9 Å². The number of rotatable bonds is 39. The minimum absolute atomic E-state index is 0.0965. The predicted molar refractivity (Wildman–Crippen MR) is 394 cm³/mol. The van der Waals surface area contributed by atoms with Crippen molar-refractivity contribution in [1.82, 2.24) is 55.6 Å². The number of piperazine rings is 1. The zero-order valence-electron chi connectivity index (χ0n) is 64.5. The van der Waals surface area contributed by atoms with Gasteiger partial charge in [0.25, 0.3) is 0 Å². The van der Waals surface area contributed by atoms with E-state index >= 15 is 14.4 Å². The van der Waals surface area contributed by atoms with E-state index in [1.54, 1.807) is 64.5 Å². The lowest BCUT2D eigenvalue weighted by Gasteiger charge is -2.43. The number of methoxy groups -OCH3 is 4. The number of morpholine rings is 1. The zero-order chi connectivity index (χ0) is 75.6. The average Bonchev–Trinajstić information content (AvgIpc) is 1.73. The highest BCUT2D eigenvalue weighted by Crippen LogP contribution is 2.35. The van der Waals surface area contributed by atoms with E-state index in [9.17, 15) is 34.2 Å². The second-order valence-corrected chi connectivity index (χ2v) is 29.7. The summed E-state index contributed by atoms with van der Waals surface area (Å²) in [6.45, 7) is 19.2. The van der Waals surface area contributed by atoms with Crippen molar-refractivity contribution < 1.29 is 72.3 Å². The summed E-state index contributed by atoms with van der Waals surface area (Å²) < 4.78 is 30.5. The van der Waals surface area contributed by atoms with E-state index in [-0.39, 0.29) is 79.4 Å². The molecule has 0 bridgehead atoms. The van der Waals surface area contributed by atoms with Gasteiger partial charge in [0.15, 0.2) is 0 Å². The van der Waals surface area contributed by atoms with Crippen LogP contribution in [0.25, 0.3) is 0 Å². The summed E-state index contributed by atoms with van der Waals surface area (Å²) in [4.78, 5) is 130. The molecule has 4 aliphatic heterocycles. The molecule has 0 spiro atoms. The standard InChI is InChI=1S/C77H127N11O15/c1-16-51(5)68(62(99-12)46-64(91)87-34-24-30-60(87)70(101-14)53(7)72(93)78-58(48-89)44-55-26-20-18-21-27-55)83(10)75(96)67(81-77(98)85-38-36-82(9)37-39-85)52(6)32-33-57(17-2)69(84(11)74(95)66(50(3)4)80-76(97)86-40-42-103-43-41-86)63(100-13)47-65(92)88-35-25-31-61(88)71(102-15)54(8)73(94)79-59(49-90)45-56-28-22-19-23-29-56/h18-23,26-29,50-54,57-63,66-71,89-90H,16-17,24-25,30-49H2,1-15H3,(H,78,93)(H,79,94)(H,80,97)(H,81,98)/t51-,52?,53+,54+,57+,58-,59-,60-,61-,62+,63+,66-,67-,68-,69-,70+,71+/m0/s1. The second kappa shape index (κ2) is 42.6. The lowest BCUT2D eigenvalue weighted by molar-refractivity contribution is -0.147. The van der Waals surface area contributed by atoms with Crippen LogP contribution < -0.4 is 21.3 Å². The van der Waals surface area contributed by atoms with Gasteiger partial charge in [0.1, 0.15) is 12.1 Å². The largest absolute Gasteiger partial charge is 0.394 e. The predicted octanol–water partition coefficient (Wildman–Crippen LogP) is 5.06. The van der Waals surface area contributed by atoms with Gasteiger partial charge in [-0.1, -0.05) is 129 Å². The van der Waals surface area contributed by atoms with Crippen molar-refractivity contribution in [2.45, 2.75) is 205 Å². The molecular formula is C77H127N11O15. The highest BCUT2D eigenvalue weighted by Gasteiger charge is 2.47. The number of amides is 10. The monoisotopic (exact) mass is 1450 g/mol. The van der Waals surface area contributed by atoms with Crippen LogP contribution in [0.3, 0.4) is 0 Å². The van der Waals surface area contributed by atoms with Gasteiger partial charge in [-0.15, -0.1) is 0 Å². The van der Waals surface area contributed by atoms with Gasteiger partial charge in [0.2, 0.25) is 35.4 Å². The van der Waals surface area contributed by atoms with Crippen molar-refractivity contribution in [1.29, 1.82) is 0 Å². The molecule has 4 saturated heterocycles. The van der Waals surface area contributed by atoms with E-state index in [0.29, 0.717) is 130 Å². The van der Waals surface area contributed by atoms with Gasteiger partial charge in [-0.2, -0.15) is 0 Å². The first-order valence-electron chi connectivity index (χ1n) is 37.8. The number of likely N-dealkylation sites (tertiary alicyclic amines) is 2. The van der Waals surface area contributed by atoms with Crippen molar-refractivity contribution in [3.63, 3.8) is 0 Å². The van der Waals surface area contributed by atoms with E-state index in [1.165, 1.54) is 21.3 Å². The number of aliphatic hydroxyl groups is 2. The van der Waals surface area contributed by atoms with E-state index < -0.39 is 102 Å². The molecule has 580 valence electrons. The fourth-order valence-corrected chi connectivity index (χ4v) is 15.9. The molecule has 2 aromatic carbocycles. The van der Waals surface area contributed by atoms with Crippen molar-refractivity contribution in [2.75, 3.05) is 128 Å². The van der Waals surface area contributed by atoms with E-state index in [2.05, 4.69) is 26.2 Å². The Bertz CT molecular complexity index is 2940. The lowest BCUT2D eigenvalue weighted by Crippen LogP contribution is -2.60. The second-order valence-electron chi connectivity index (χ2n) is 29.7. The van der Waals surface area contributed by atoms with E-state index in [0.717, 1.165) is 11.1 Å². The van der Waals surface area contributed by atoms with Crippen molar-refractivity contribution >= 4 is 47.5 Å². The molecule has 1 unspecified atom stereocenters. The van der Waals surface area contributed by atoms with Gasteiger partial charge in [-0.3, -0.25) is 28.8 Å².